The lowest BCUT2D eigenvalue weighted by Gasteiger charge is -2.12. The number of halogens is 4. The molecule has 33 heavy (non-hydrogen) atoms. The van der Waals surface area contributed by atoms with Crippen LogP contribution in [-0.4, -0.2) is 35.9 Å². The summed E-state index contributed by atoms with van der Waals surface area (Å²) in [5, 5.41) is 10.9. The molecule has 2 aromatic rings. The highest BCUT2D eigenvalue weighted by Crippen LogP contribution is 2.37. The number of nitro groups is 1. The SMILES string of the molecule is CCC(=O)C(=O)OCCOC(=O)c1cc(Oc2ccc(C(F)(F)F)cc2Cl)ccc1[N+](=O)[O-]. The van der Waals surface area contributed by atoms with E-state index in [4.69, 9.17) is 21.1 Å². The maximum absolute atomic E-state index is 12.8. The molecule has 0 heterocycles. The number of ether oxygens (including phenoxy) is 3. The minimum absolute atomic E-state index is 0.0689. The molecule has 0 spiro atoms. The Hall–Kier alpha value is -3.67. The number of esters is 2. The van der Waals surface area contributed by atoms with E-state index < -0.39 is 58.8 Å². The summed E-state index contributed by atoms with van der Waals surface area (Å²) in [5.41, 5.74) is -2.17. The average Bonchev–Trinajstić information content (AvgIpc) is 2.76. The van der Waals surface area contributed by atoms with Crippen LogP contribution in [0.15, 0.2) is 36.4 Å². The van der Waals surface area contributed by atoms with Gasteiger partial charge in [-0.2, -0.15) is 13.2 Å². The second-order valence-electron chi connectivity index (χ2n) is 6.23. The first kappa shape index (κ1) is 25.6. The molecule has 0 aliphatic carbocycles. The third-order valence-electron chi connectivity index (χ3n) is 3.97. The summed E-state index contributed by atoms with van der Waals surface area (Å²) >= 11 is 5.82. The van der Waals surface area contributed by atoms with Gasteiger partial charge in [0.05, 0.1) is 15.5 Å². The molecule has 2 aromatic carbocycles. The molecule has 0 atom stereocenters. The fraction of sp³-hybridized carbons (Fsp3) is 0.250. The number of hydrogen-bond acceptors (Lipinski definition) is 8. The summed E-state index contributed by atoms with van der Waals surface area (Å²) < 4.78 is 53.1. The van der Waals surface area contributed by atoms with Crippen molar-refractivity contribution < 1.29 is 46.7 Å². The predicted octanol–water partition coefficient (Wildman–Crippen LogP) is 4.74. The Balaban J connectivity index is 2.16. The maximum atomic E-state index is 12.8. The molecular weight excluding hydrogens is 475 g/mol. The highest BCUT2D eigenvalue weighted by molar-refractivity contribution is 6.33. The molecule has 9 nitrogen and oxygen atoms in total. The van der Waals surface area contributed by atoms with Crippen LogP contribution in [0.4, 0.5) is 18.9 Å². The first-order valence-corrected chi connectivity index (χ1v) is 9.52. The molecule has 0 N–H and O–H groups in total. The minimum atomic E-state index is -4.62. The summed E-state index contributed by atoms with van der Waals surface area (Å²) in [6.07, 6.45) is -4.69. The zero-order chi connectivity index (χ0) is 24.8. The number of nitrogens with zero attached hydrogens (tertiary/aromatic N) is 1. The smallest absolute Gasteiger partial charge is 0.416 e. The molecule has 0 saturated carbocycles. The molecular formula is C20H15ClF3NO8. The van der Waals surface area contributed by atoms with Crippen molar-refractivity contribution in [3.05, 3.63) is 62.7 Å². The normalized spacial score (nSPS) is 10.9. The summed E-state index contributed by atoms with van der Waals surface area (Å²) in [7, 11) is 0. The monoisotopic (exact) mass is 489 g/mol. The van der Waals surface area contributed by atoms with Crippen molar-refractivity contribution in [2.45, 2.75) is 19.5 Å². The number of carbonyl (C=O) groups is 3. The van der Waals surface area contributed by atoms with Gasteiger partial charge < -0.3 is 14.2 Å². The average molecular weight is 490 g/mol. The second kappa shape index (κ2) is 10.8. The molecule has 0 amide bonds. The van der Waals surface area contributed by atoms with Gasteiger partial charge in [0.25, 0.3) is 5.69 Å². The van der Waals surface area contributed by atoms with Gasteiger partial charge in [-0.25, -0.2) is 9.59 Å². The van der Waals surface area contributed by atoms with E-state index in [2.05, 4.69) is 4.74 Å². The molecule has 0 radical (unpaired) electrons. The second-order valence-corrected chi connectivity index (χ2v) is 6.64. The van der Waals surface area contributed by atoms with Gasteiger partial charge in [-0.1, -0.05) is 18.5 Å². The summed E-state index contributed by atoms with van der Waals surface area (Å²) in [4.78, 5) is 45.1. The van der Waals surface area contributed by atoms with E-state index in [1.54, 1.807) is 0 Å². The van der Waals surface area contributed by atoms with Gasteiger partial charge >= 0.3 is 18.1 Å². The van der Waals surface area contributed by atoms with Crippen molar-refractivity contribution in [3.63, 3.8) is 0 Å². The van der Waals surface area contributed by atoms with Crippen LogP contribution < -0.4 is 4.74 Å². The molecule has 0 aliphatic heterocycles. The Bertz CT molecular complexity index is 1090. The molecule has 2 rings (SSSR count). The molecule has 0 fully saturated rings. The van der Waals surface area contributed by atoms with E-state index >= 15 is 0 Å². The van der Waals surface area contributed by atoms with E-state index in [9.17, 15) is 37.7 Å². The highest BCUT2D eigenvalue weighted by atomic mass is 35.5. The number of ketones is 1. The van der Waals surface area contributed by atoms with Crippen molar-refractivity contribution in [3.8, 4) is 11.5 Å². The van der Waals surface area contributed by atoms with E-state index in [0.717, 1.165) is 30.3 Å². The third-order valence-corrected chi connectivity index (χ3v) is 4.27. The van der Waals surface area contributed by atoms with Crippen molar-refractivity contribution in [2.24, 2.45) is 0 Å². The van der Waals surface area contributed by atoms with Gasteiger partial charge in [0.15, 0.2) is 0 Å². The van der Waals surface area contributed by atoms with Gasteiger partial charge in [-0.05, 0) is 24.3 Å². The van der Waals surface area contributed by atoms with Crippen LogP contribution in [0.25, 0.3) is 0 Å². The summed E-state index contributed by atoms with van der Waals surface area (Å²) in [6, 6.07) is 5.32. The standard InChI is InChI=1S/C20H15ClF3NO8/c1-2-16(26)19(28)32-8-7-31-18(27)13-10-12(4-5-15(13)25(29)30)33-17-6-3-11(9-14(17)21)20(22,23)24/h3-6,9-10H,2,7-8H2,1H3. The number of hydrogen-bond donors (Lipinski definition) is 0. The lowest BCUT2D eigenvalue weighted by molar-refractivity contribution is -0.385. The largest absolute Gasteiger partial charge is 0.458 e. The van der Waals surface area contributed by atoms with E-state index in [1.165, 1.54) is 6.92 Å². The van der Waals surface area contributed by atoms with Crippen molar-refractivity contribution >= 4 is 35.0 Å². The third kappa shape index (κ3) is 6.91. The number of carbonyl (C=O) groups excluding carboxylic acids is 3. The number of nitro benzene ring substituents is 1. The molecule has 176 valence electrons. The van der Waals surface area contributed by atoms with E-state index in [-0.39, 0.29) is 22.9 Å². The number of rotatable bonds is 9. The van der Waals surface area contributed by atoms with Crippen LogP contribution in [0.2, 0.25) is 5.02 Å². The van der Waals surface area contributed by atoms with Gasteiger partial charge in [0.1, 0.15) is 30.3 Å². The Morgan fingerprint density at radius 1 is 1.06 bits per heavy atom. The van der Waals surface area contributed by atoms with Crippen molar-refractivity contribution in [1.82, 2.24) is 0 Å². The first-order chi connectivity index (χ1) is 15.4. The molecule has 0 aliphatic rings. The van der Waals surface area contributed by atoms with Gasteiger partial charge in [0, 0.05) is 18.6 Å². The summed E-state index contributed by atoms with van der Waals surface area (Å²) in [6.45, 7) is 0.506. The first-order valence-electron chi connectivity index (χ1n) is 9.14. The molecule has 0 unspecified atom stereocenters. The van der Waals surface area contributed by atoms with Crippen LogP contribution in [0.1, 0.15) is 29.3 Å². The van der Waals surface area contributed by atoms with Gasteiger partial charge in [-0.15, -0.1) is 0 Å². The minimum Gasteiger partial charge on any atom is -0.458 e. The quantitative estimate of drug-likeness (QED) is 0.163. The Morgan fingerprint density at radius 3 is 2.30 bits per heavy atom. The number of alkyl halides is 3. The lowest BCUT2D eigenvalue weighted by atomic mass is 10.1. The fourth-order valence-electron chi connectivity index (χ4n) is 2.36. The van der Waals surface area contributed by atoms with E-state index in [1.807, 2.05) is 0 Å². The molecule has 0 bridgehead atoms. The van der Waals surface area contributed by atoms with Crippen LogP contribution in [0.3, 0.4) is 0 Å². The van der Waals surface area contributed by atoms with Gasteiger partial charge in [0.2, 0.25) is 5.78 Å². The van der Waals surface area contributed by atoms with Gasteiger partial charge in [-0.3, -0.25) is 14.9 Å². The van der Waals surface area contributed by atoms with Crippen molar-refractivity contribution in [1.29, 1.82) is 0 Å². The number of Topliss-reactive ketones (excluding diaryl/α,β-unsaturated/α-hetero) is 1. The Kier molecular flexibility index (Phi) is 8.35. The molecule has 0 saturated heterocycles. The van der Waals surface area contributed by atoms with Crippen LogP contribution in [-0.2, 0) is 25.2 Å². The summed E-state index contributed by atoms with van der Waals surface area (Å²) in [5.74, 6) is -3.38. The van der Waals surface area contributed by atoms with Crippen LogP contribution in [0.5, 0.6) is 11.5 Å². The molecule has 0 aromatic heterocycles. The lowest BCUT2D eigenvalue weighted by Crippen LogP contribution is -2.20. The molecule has 13 heteroatoms. The maximum Gasteiger partial charge on any atom is 0.416 e. The topological polar surface area (TPSA) is 122 Å². The fourth-order valence-corrected chi connectivity index (χ4v) is 2.58. The number of benzene rings is 2. The highest BCUT2D eigenvalue weighted by Gasteiger charge is 2.31. The van der Waals surface area contributed by atoms with E-state index in [0.29, 0.717) is 6.07 Å². The zero-order valence-corrected chi connectivity index (χ0v) is 17.6. The van der Waals surface area contributed by atoms with Crippen LogP contribution >= 0.6 is 11.6 Å². The Labute approximate surface area is 189 Å². The van der Waals surface area contributed by atoms with Crippen molar-refractivity contribution in [2.75, 3.05) is 13.2 Å². The zero-order valence-electron chi connectivity index (χ0n) is 16.8. The predicted molar refractivity (Wildman–Crippen MR) is 106 cm³/mol. The Morgan fingerprint density at radius 2 is 1.73 bits per heavy atom. The van der Waals surface area contributed by atoms with Crippen LogP contribution in [0, 0.1) is 10.1 Å².